The van der Waals surface area contributed by atoms with E-state index in [-0.39, 0.29) is 17.1 Å². The van der Waals surface area contributed by atoms with Crippen LogP contribution in [-0.4, -0.2) is 59.1 Å². The Morgan fingerprint density at radius 2 is 1.65 bits per heavy atom. The van der Waals surface area contributed by atoms with Crippen LogP contribution in [-0.2, 0) is 13.7 Å². The minimum absolute atomic E-state index is 0.193. The first kappa shape index (κ1) is 38.6. The van der Waals surface area contributed by atoms with E-state index >= 15 is 0 Å². The van der Waals surface area contributed by atoms with Crippen molar-refractivity contribution in [3.05, 3.63) is 106 Å². The molecule has 0 saturated carbocycles. The molecule has 3 aromatic rings. The molecule has 1 aliphatic heterocycles. The van der Waals surface area contributed by atoms with Gasteiger partial charge in [-0.3, -0.25) is 19.0 Å². The number of benzene rings is 2. The molecular weight excluding hydrogens is 652 g/mol. The van der Waals surface area contributed by atoms with Crippen LogP contribution in [0.2, 0.25) is 5.04 Å². The van der Waals surface area contributed by atoms with Crippen LogP contribution in [0.15, 0.2) is 89.1 Å². The van der Waals surface area contributed by atoms with Gasteiger partial charge in [0.25, 0.3) is 13.9 Å². The molecule has 1 aliphatic rings. The summed E-state index contributed by atoms with van der Waals surface area (Å²) in [4.78, 5) is 28.0. The Bertz CT molecular complexity index is 1630. The van der Waals surface area contributed by atoms with Gasteiger partial charge in [0, 0.05) is 42.8 Å². The Morgan fingerprint density at radius 3 is 2.14 bits per heavy atom. The van der Waals surface area contributed by atoms with Crippen molar-refractivity contribution in [2.24, 2.45) is 0 Å². The van der Waals surface area contributed by atoms with Gasteiger partial charge in [-0.05, 0) is 56.5 Å². The van der Waals surface area contributed by atoms with Crippen molar-refractivity contribution in [1.29, 1.82) is 5.26 Å². The zero-order chi connectivity index (χ0) is 35.9. The number of nitrogens with one attached hydrogen (secondary N) is 1. The van der Waals surface area contributed by atoms with Gasteiger partial charge in [0.2, 0.25) is 0 Å². The molecule has 1 unspecified atom stereocenters. The standard InChI is InChI=1S/C38H53N4O5PSi/c1-10-18-32(46-48(24-17-23-39)42(27(2)3)28(4)5)35-33(25-34(45-35)41-26-29(6)36(43)40-37(41)44)47-49(38(7,8)9,30-19-13-11-14-20-30)31-21-15-12-16-22-31/h10-16,19-22,26-28,32-35H,1,17-18,24-25H2,2-9H3,(H,40,43,44)/t32-,33-,34+,35+,48?/m0/s1. The number of rotatable bonds is 15. The van der Waals surface area contributed by atoms with Crippen LogP contribution in [0.25, 0.3) is 0 Å². The highest BCUT2D eigenvalue weighted by atomic mass is 31.2. The summed E-state index contributed by atoms with van der Waals surface area (Å²) in [6.07, 6.45) is 2.95. The van der Waals surface area contributed by atoms with Crippen LogP contribution in [0.4, 0.5) is 0 Å². The largest absolute Gasteiger partial charge is 0.402 e. The summed E-state index contributed by atoms with van der Waals surface area (Å²) in [5.74, 6) is 0. The normalized spacial score (nSPS) is 19.7. The molecule has 2 heterocycles. The Morgan fingerprint density at radius 1 is 1.08 bits per heavy atom. The summed E-state index contributed by atoms with van der Waals surface area (Å²) < 4.78 is 25.5. The third-order valence-electron chi connectivity index (χ3n) is 9.07. The number of ether oxygens (including phenoxy) is 1. The second-order valence-corrected chi connectivity index (χ2v) is 20.4. The third kappa shape index (κ3) is 8.60. The lowest BCUT2D eigenvalue weighted by molar-refractivity contribution is -0.0707. The van der Waals surface area contributed by atoms with Gasteiger partial charge in [-0.1, -0.05) is 87.5 Å². The fourth-order valence-electron chi connectivity index (χ4n) is 7.03. The number of aryl methyl sites for hydroxylation is 1. The monoisotopic (exact) mass is 704 g/mol. The molecule has 0 amide bonds. The molecule has 1 saturated heterocycles. The third-order valence-corrected chi connectivity index (χ3v) is 16.7. The van der Waals surface area contributed by atoms with E-state index in [2.05, 4.69) is 119 Å². The Balaban J connectivity index is 1.90. The second-order valence-electron chi connectivity index (χ2n) is 14.3. The summed E-state index contributed by atoms with van der Waals surface area (Å²) in [6, 6.07) is 23.6. The minimum Gasteiger partial charge on any atom is -0.402 e. The Kier molecular flexibility index (Phi) is 13.2. The number of nitriles is 1. The van der Waals surface area contributed by atoms with E-state index in [1.165, 1.54) is 4.57 Å². The second kappa shape index (κ2) is 16.7. The highest BCUT2D eigenvalue weighted by Gasteiger charge is 2.55. The van der Waals surface area contributed by atoms with E-state index in [9.17, 15) is 14.9 Å². The molecule has 1 aromatic heterocycles. The average molecular weight is 705 g/mol. The topological polar surface area (TPSA) is 110 Å². The molecule has 0 spiro atoms. The Hall–Kier alpha value is -3.16. The summed E-state index contributed by atoms with van der Waals surface area (Å²) >= 11 is 0. The van der Waals surface area contributed by atoms with Crippen LogP contribution in [0.3, 0.4) is 0 Å². The van der Waals surface area contributed by atoms with E-state index in [4.69, 9.17) is 13.7 Å². The zero-order valence-electron chi connectivity index (χ0n) is 30.3. The molecule has 5 atom stereocenters. The van der Waals surface area contributed by atoms with Crippen LogP contribution in [0.1, 0.15) is 79.5 Å². The Labute approximate surface area is 293 Å². The van der Waals surface area contributed by atoms with Gasteiger partial charge in [0.15, 0.2) is 0 Å². The van der Waals surface area contributed by atoms with Crippen molar-refractivity contribution in [1.82, 2.24) is 14.2 Å². The lowest BCUT2D eigenvalue weighted by atomic mass is 10.1. The fourth-order valence-corrected chi connectivity index (χ4v) is 14.0. The molecule has 1 fully saturated rings. The van der Waals surface area contributed by atoms with Crippen molar-refractivity contribution in [2.75, 3.05) is 6.16 Å². The number of nitrogens with zero attached hydrogens (tertiary/aromatic N) is 3. The van der Waals surface area contributed by atoms with Crippen LogP contribution in [0.5, 0.6) is 0 Å². The van der Waals surface area contributed by atoms with Crippen molar-refractivity contribution in [3.8, 4) is 6.07 Å². The zero-order valence-corrected chi connectivity index (χ0v) is 32.2. The van der Waals surface area contributed by atoms with E-state index in [0.717, 1.165) is 10.4 Å². The average Bonchev–Trinajstić information content (AvgIpc) is 3.47. The number of aromatic amines is 1. The first-order valence-electron chi connectivity index (χ1n) is 17.2. The molecule has 264 valence electrons. The summed E-state index contributed by atoms with van der Waals surface area (Å²) in [6.45, 7) is 21.1. The lowest BCUT2D eigenvalue weighted by Crippen LogP contribution is -2.68. The predicted octanol–water partition coefficient (Wildman–Crippen LogP) is 6.38. The maximum atomic E-state index is 13.2. The molecule has 0 aliphatic carbocycles. The maximum Gasteiger partial charge on any atom is 0.330 e. The quantitative estimate of drug-likeness (QED) is 0.111. The summed E-state index contributed by atoms with van der Waals surface area (Å²) in [5, 5.41) is 11.6. The molecule has 2 aromatic carbocycles. The number of hydrogen-bond acceptors (Lipinski definition) is 7. The van der Waals surface area contributed by atoms with Gasteiger partial charge < -0.3 is 13.7 Å². The molecule has 1 N–H and O–H groups in total. The molecule has 4 rings (SSSR count). The van der Waals surface area contributed by atoms with Gasteiger partial charge in [0.05, 0.1) is 18.3 Å². The highest BCUT2D eigenvalue weighted by Crippen LogP contribution is 2.49. The number of hydrogen-bond donors (Lipinski definition) is 1. The van der Waals surface area contributed by atoms with Gasteiger partial charge in [-0.2, -0.15) is 5.26 Å². The molecule has 11 heteroatoms. The summed E-state index contributed by atoms with van der Waals surface area (Å²) in [7, 11) is -4.26. The van der Waals surface area contributed by atoms with Gasteiger partial charge >= 0.3 is 5.69 Å². The highest BCUT2D eigenvalue weighted by molar-refractivity contribution is 7.50. The van der Waals surface area contributed by atoms with Crippen molar-refractivity contribution in [3.63, 3.8) is 0 Å². The van der Waals surface area contributed by atoms with Crippen LogP contribution in [0, 0.1) is 18.3 Å². The number of H-pyrrole nitrogens is 1. The molecule has 49 heavy (non-hydrogen) atoms. The van der Waals surface area contributed by atoms with E-state index < -0.39 is 52.4 Å². The fraction of sp³-hybridized carbons (Fsp3) is 0.500. The molecule has 9 nitrogen and oxygen atoms in total. The number of aromatic nitrogens is 2. The van der Waals surface area contributed by atoms with Crippen molar-refractivity contribution >= 4 is 27.0 Å². The van der Waals surface area contributed by atoms with Crippen molar-refractivity contribution in [2.45, 2.75) is 116 Å². The van der Waals surface area contributed by atoms with Gasteiger partial charge in [-0.25, -0.2) is 4.79 Å². The molecule has 0 radical (unpaired) electrons. The van der Waals surface area contributed by atoms with E-state index in [1.54, 1.807) is 13.1 Å². The van der Waals surface area contributed by atoms with E-state index in [0.29, 0.717) is 31.0 Å². The SMILES string of the molecule is C=CC[C@H](OP(CCC#N)N(C(C)C)C(C)C)[C@H]1O[C@@H](n2cc(C)c(=O)[nH]c2=O)C[C@@H]1O[Si](c1ccccc1)(c1ccccc1)C(C)(C)C. The lowest BCUT2D eigenvalue weighted by Gasteiger charge is -2.46. The van der Waals surface area contributed by atoms with Crippen LogP contribution < -0.4 is 21.6 Å². The smallest absolute Gasteiger partial charge is 0.330 e. The molecule has 0 bridgehead atoms. The maximum absolute atomic E-state index is 13.2. The van der Waals surface area contributed by atoms with E-state index in [1.807, 2.05) is 18.2 Å². The predicted molar refractivity (Wildman–Crippen MR) is 201 cm³/mol. The summed E-state index contributed by atoms with van der Waals surface area (Å²) in [5.41, 5.74) is -0.539. The molecular formula is C38H53N4O5PSi. The minimum atomic E-state index is -3.06. The first-order chi connectivity index (χ1) is 23.2. The first-order valence-corrected chi connectivity index (χ1v) is 20.5. The van der Waals surface area contributed by atoms with Crippen LogP contribution >= 0.6 is 8.30 Å². The van der Waals surface area contributed by atoms with Gasteiger partial charge in [0.1, 0.15) is 20.6 Å². The van der Waals surface area contributed by atoms with Gasteiger partial charge in [-0.15, -0.1) is 6.58 Å². The van der Waals surface area contributed by atoms with Crippen molar-refractivity contribution < 1.29 is 13.7 Å².